The Morgan fingerprint density at radius 1 is 1.06 bits per heavy atom. The van der Waals surface area contributed by atoms with Gasteiger partial charge in [0.05, 0.1) is 5.56 Å². The van der Waals surface area contributed by atoms with Gasteiger partial charge in [-0.05, 0) is 42.5 Å². The van der Waals surface area contributed by atoms with Crippen molar-refractivity contribution in [2.24, 2.45) is 0 Å². The molecule has 0 atom stereocenters. The average molecular weight is 307 g/mol. The molecular formula is C13H14BrF3. The van der Waals surface area contributed by atoms with Crippen molar-refractivity contribution in [3.63, 3.8) is 0 Å². The SMILES string of the molecule is FC(F)(F)c1ccc(Br)c(C2CCCCC2)c1. The van der Waals surface area contributed by atoms with Crippen LogP contribution in [0.1, 0.15) is 49.1 Å². The van der Waals surface area contributed by atoms with E-state index in [1.807, 2.05) is 0 Å². The Labute approximate surface area is 107 Å². The van der Waals surface area contributed by atoms with Crippen molar-refractivity contribution in [2.75, 3.05) is 0 Å². The highest BCUT2D eigenvalue weighted by Gasteiger charge is 2.31. The summed E-state index contributed by atoms with van der Waals surface area (Å²) in [5.41, 5.74) is 0.279. The van der Waals surface area contributed by atoms with Crippen LogP contribution in [0.4, 0.5) is 13.2 Å². The molecule has 2 rings (SSSR count). The van der Waals surface area contributed by atoms with Crippen molar-refractivity contribution in [1.82, 2.24) is 0 Å². The van der Waals surface area contributed by atoms with Crippen LogP contribution in [0.3, 0.4) is 0 Å². The van der Waals surface area contributed by atoms with Gasteiger partial charge in [-0.3, -0.25) is 0 Å². The summed E-state index contributed by atoms with van der Waals surface area (Å²) < 4.78 is 38.8. The topological polar surface area (TPSA) is 0 Å². The molecule has 0 spiro atoms. The second-order valence-electron chi connectivity index (χ2n) is 4.57. The first-order chi connectivity index (χ1) is 7.98. The van der Waals surface area contributed by atoms with Crippen LogP contribution in [0.5, 0.6) is 0 Å². The molecule has 1 aliphatic carbocycles. The van der Waals surface area contributed by atoms with E-state index in [0.29, 0.717) is 0 Å². The van der Waals surface area contributed by atoms with E-state index in [0.717, 1.165) is 41.8 Å². The number of hydrogen-bond acceptors (Lipinski definition) is 0. The lowest BCUT2D eigenvalue weighted by atomic mass is 9.83. The lowest BCUT2D eigenvalue weighted by Crippen LogP contribution is -2.09. The fourth-order valence-corrected chi connectivity index (χ4v) is 3.02. The smallest absolute Gasteiger partial charge is 0.166 e. The molecule has 1 aliphatic rings. The molecule has 0 N–H and O–H groups in total. The third-order valence-electron chi connectivity index (χ3n) is 3.37. The molecule has 0 aliphatic heterocycles. The average Bonchev–Trinajstić information content (AvgIpc) is 2.29. The maximum absolute atomic E-state index is 12.7. The molecule has 0 saturated heterocycles. The number of rotatable bonds is 1. The maximum atomic E-state index is 12.7. The molecule has 0 aromatic heterocycles. The highest BCUT2D eigenvalue weighted by atomic mass is 79.9. The summed E-state index contributed by atoms with van der Waals surface area (Å²) in [5.74, 6) is 0.278. The van der Waals surface area contributed by atoms with Crippen molar-refractivity contribution in [1.29, 1.82) is 0 Å². The first-order valence-electron chi connectivity index (χ1n) is 5.85. The van der Waals surface area contributed by atoms with Crippen molar-refractivity contribution >= 4 is 15.9 Å². The van der Waals surface area contributed by atoms with Crippen molar-refractivity contribution in [2.45, 2.75) is 44.2 Å². The molecule has 94 valence electrons. The van der Waals surface area contributed by atoms with Gasteiger partial charge < -0.3 is 0 Å². The summed E-state index contributed by atoms with van der Waals surface area (Å²) in [6.07, 6.45) is 1.19. The molecule has 0 heterocycles. The zero-order valence-corrected chi connectivity index (χ0v) is 10.9. The van der Waals surface area contributed by atoms with Crippen LogP contribution in [0.15, 0.2) is 22.7 Å². The summed E-state index contributed by atoms with van der Waals surface area (Å²) in [6.45, 7) is 0. The summed E-state index contributed by atoms with van der Waals surface area (Å²) in [4.78, 5) is 0. The highest BCUT2D eigenvalue weighted by Crippen LogP contribution is 2.39. The van der Waals surface area contributed by atoms with Gasteiger partial charge in [0.2, 0.25) is 0 Å². The number of hydrogen-bond donors (Lipinski definition) is 0. The number of halogens is 4. The van der Waals surface area contributed by atoms with E-state index in [-0.39, 0.29) is 5.92 Å². The Kier molecular flexibility index (Phi) is 3.81. The first-order valence-corrected chi connectivity index (χ1v) is 6.64. The van der Waals surface area contributed by atoms with Gasteiger partial charge in [0.25, 0.3) is 0 Å². The zero-order chi connectivity index (χ0) is 12.5. The molecule has 1 saturated carbocycles. The minimum Gasteiger partial charge on any atom is -0.166 e. The van der Waals surface area contributed by atoms with Crippen LogP contribution in [-0.4, -0.2) is 0 Å². The molecule has 1 aromatic carbocycles. The van der Waals surface area contributed by atoms with Gasteiger partial charge in [-0.15, -0.1) is 0 Å². The summed E-state index contributed by atoms with van der Waals surface area (Å²) >= 11 is 3.37. The minimum absolute atomic E-state index is 0.278. The van der Waals surface area contributed by atoms with Crippen LogP contribution in [0.2, 0.25) is 0 Å². The monoisotopic (exact) mass is 306 g/mol. The Balaban J connectivity index is 2.31. The summed E-state index contributed by atoms with van der Waals surface area (Å²) in [6, 6.07) is 3.96. The molecule has 1 aromatic rings. The van der Waals surface area contributed by atoms with E-state index in [2.05, 4.69) is 15.9 Å². The molecule has 0 nitrogen and oxygen atoms in total. The molecule has 0 amide bonds. The maximum Gasteiger partial charge on any atom is 0.416 e. The van der Waals surface area contributed by atoms with Crippen molar-refractivity contribution < 1.29 is 13.2 Å². The van der Waals surface area contributed by atoms with E-state index in [4.69, 9.17) is 0 Å². The summed E-state index contributed by atoms with van der Waals surface area (Å²) in [7, 11) is 0. The number of alkyl halides is 3. The van der Waals surface area contributed by atoms with E-state index in [1.165, 1.54) is 18.6 Å². The van der Waals surface area contributed by atoms with Gasteiger partial charge in [0, 0.05) is 4.47 Å². The Hall–Kier alpha value is -0.510. The molecule has 4 heteroatoms. The number of benzene rings is 1. The molecule has 0 radical (unpaired) electrons. The minimum atomic E-state index is -4.25. The quantitative estimate of drug-likeness (QED) is 0.641. The Bertz CT molecular complexity index is 392. The summed E-state index contributed by atoms with van der Waals surface area (Å²) in [5, 5.41) is 0. The Morgan fingerprint density at radius 3 is 2.29 bits per heavy atom. The van der Waals surface area contributed by atoms with Crippen LogP contribution in [0.25, 0.3) is 0 Å². The third kappa shape index (κ3) is 3.03. The fourth-order valence-electron chi connectivity index (χ4n) is 2.45. The van der Waals surface area contributed by atoms with E-state index in [9.17, 15) is 13.2 Å². The lowest BCUT2D eigenvalue weighted by molar-refractivity contribution is -0.137. The van der Waals surface area contributed by atoms with E-state index < -0.39 is 11.7 Å². The lowest BCUT2D eigenvalue weighted by Gasteiger charge is -2.24. The second-order valence-corrected chi connectivity index (χ2v) is 5.42. The van der Waals surface area contributed by atoms with Gasteiger partial charge in [-0.1, -0.05) is 35.2 Å². The third-order valence-corrected chi connectivity index (χ3v) is 4.09. The zero-order valence-electron chi connectivity index (χ0n) is 9.36. The second kappa shape index (κ2) is 5.01. The van der Waals surface area contributed by atoms with Gasteiger partial charge >= 0.3 is 6.18 Å². The molecule has 1 fully saturated rings. The van der Waals surface area contributed by atoms with Crippen molar-refractivity contribution in [3.8, 4) is 0 Å². The van der Waals surface area contributed by atoms with Crippen molar-refractivity contribution in [3.05, 3.63) is 33.8 Å². The fraction of sp³-hybridized carbons (Fsp3) is 0.538. The van der Waals surface area contributed by atoms with Gasteiger partial charge in [0.1, 0.15) is 0 Å². The van der Waals surface area contributed by atoms with Gasteiger partial charge in [-0.2, -0.15) is 13.2 Å². The van der Waals surface area contributed by atoms with Crippen LogP contribution < -0.4 is 0 Å². The first kappa shape index (κ1) is 12.9. The van der Waals surface area contributed by atoms with Crippen LogP contribution in [0, 0.1) is 0 Å². The van der Waals surface area contributed by atoms with Crippen LogP contribution >= 0.6 is 15.9 Å². The molecular weight excluding hydrogens is 293 g/mol. The largest absolute Gasteiger partial charge is 0.416 e. The van der Waals surface area contributed by atoms with E-state index in [1.54, 1.807) is 0 Å². The van der Waals surface area contributed by atoms with Gasteiger partial charge in [0.15, 0.2) is 0 Å². The highest BCUT2D eigenvalue weighted by molar-refractivity contribution is 9.10. The predicted molar refractivity (Wildman–Crippen MR) is 65.0 cm³/mol. The van der Waals surface area contributed by atoms with Crippen LogP contribution in [-0.2, 0) is 6.18 Å². The molecule has 0 unspecified atom stereocenters. The molecule has 0 bridgehead atoms. The van der Waals surface area contributed by atoms with Gasteiger partial charge in [-0.25, -0.2) is 0 Å². The molecule has 17 heavy (non-hydrogen) atoms. The van der Waals surface area contributed by atoms with E-state index >= 15 is 0 Å². The standard InChI is InChI=1S/C13H14BrF3/c14-12-7-6-10(13(15,16)17)8-11(12)9-4-2-1-3-5-9/h6-9H,1-5H2. The normalized spacial score (nSPS) is 18.4. The predicted octanol–water partition coefficient (Wildman–Crippen LogP) is 5.52. The Morgan fingerprint density at radius 2 is 1.71 bits per heavy atom.